The van der Waals surface area contributed by atoms with Crippen LogP contribution in [0.3, 0.4) is 0 Å². The van der Waals surface area contributed by atoms with Gasteiger partial charge in [0.05, 0.1) is 9.82 Å². The molecule has 0 unspecified atom stereocenters. The Morgan fingerprint density at radius 2 is 1.89 bits per heavy atom. The monoisotopic (exact) mass is 408 g/mol. The Morgan fingerprint density at radius 3 is 2.61 bits per heavy atom. The standard InChI is InChI=1S/C19H12N4O3S2/c20-17(24)12-6-7-15(14(8-12)23(25)26)27-18-13-9-16(11-4-2-1-3-5-11)28-19(13)22-10-21-18/h1-10H,(H2,20,24). The Balaban J connectivity index is 1.77. The van der Waals surface area contributed by atoms with Gasteiger partial charge >= 0.3 is 0 Å². The van der Waals surface area contributed by atoms with Crippen LogP contribution in [0.2, 0.25) is 0 Å². The number of primary amides is 1. The van der Waals surface area contributed by atoms with Crippen molar-refractivity contribution in [3.05, 3.63) is 76.6 Å². The number of carbonyl (C=O) groups excluding carboxylic acids is 1. The summed E-state index contributed by atoms with van der Waals surface area (Å²) in [5, 5.41) is 12.9. The Bertz CT molecular complexity index is 1210. The highest BCUT2D eigenvalue weighted by Crippen LogP contribution is 2.40. The largest absolute Gasteiger partial charge is 0.366 e. The molecule has 4 aromatic rings. The third-order valence-electron chi connectivity index (χ3n) is 4.00. The molecule has 9 heteroatoms. The van der Waals surface area contributed by atoms with E-state index in [1.165, 1.54) is 35.9 Å². The van der Waals surface area contributed by atoms with Crippen LogP contribution in [0, 0.1) is 10.1 Å². The third-order valence-corrected chi connectivity index (χ3v) is 6.17. The van der Waals surface area contributed by atoms with Gasteiger partial charge in [-0.15, -0.1) is 11.3 Å². The van der Waals surface area contributed by atoms with Crippen LogP contribution in [0.4, 0.5) is 5.69 Å². The number of thiophene rings is 1. The summed E-state index contributed by atoms with van der Waals surface area (Å²) in [6.45, 7) is 0. The minimum Gasteiger partial charge on any atom is -0.366 e. The summed E-state index contributed by atoms with van der Waals surface area (Å²) in [5.74, 6) is -0.714. The lowest BCUT2D eigenvalue weighted by Gasteiger charge is -2.04. The van der Waals surface area contributed by atoms with E-state index in [-0.39, 0.29) is 11.3 Å². The molecule has 0 aliphatic rings. The van der Waals surface area contributed by atoms with Crippen molar-refractivity contribution in [3.8, 4) is 10.4 Å². The molecule has 2 aromatic carbocycles. The van der Waals surface area contributed by atoms with Crippen LogP contribution in [-0.2, 0) is 0 Å². The van der Waals surface area contributed by atoms with Gasteiger partial charge in [-0.1, -0.05) is 42.1 Å². The Morgan fingerprint density at radius 1 is 1.11 bits per heavy atom. The smallest absolute Gasteiger partial charge is 0.284 e. The molecule has 0 fully saturated rings. The molecule has 0 spiro atoms. The Labute approximate surface area is 167 Å². The first kappa shape index (κ1) is 18.1. The molecule has 7 nitrogen and oxygen atoms in total. The van der Waals surface area contributed by atoms with Gasteiger partial charge < -0.3 is 5.73 Å². The second-order valence-electron chi connectivity index (χ2n) is 5.78. The van der Waals surface area contributed by atoms with Gasteiger partial charge in [0.2, 0.25) is 5.91 Å². The number of benzene rings is 2. The van der Waals surface area contributed by atoms with E-state index in [9.17, 15) is 14.9 Å². The Hall–Kier alpha value is -3.30. The summed E-state index contributed by atoms with van der Waals surface area (Å²) in [4.78, 5) is 33.1. The van der Waals surface area contributed by atoms with Gasteiger partial charge in [0.1, 0.15) is 16.2 Å². The van der Waals surface area contributed by atoms with Gasteiger partial charge in [-0.3, -0.25) is 14.9 Å². The second kappa shape index (κ2) is 7.37. The second-order valence-corrected chi connectivity index (χ2v) is 7.84. The highest BCUT2D eigenvalue weighted by Gasteiger charge is 2.20. The zero-order chi connectivity index (χ0) is 19.7. The van der Waals surface area contributed by atoms with Crippen molar-refractivity contribution in [1.29, 1.82) is 0 Å². The minimum atomic E-state index is -0.714. The van der Waals surface area contributed by atoms with Gasteiger partial charge in [-0.05, 0) is 23.8 Å². The molecule has 2 N–H and O–H groups in total. The summed E-state index contributed by atoms with van der Waals surface area (Å²) in [6, 6.07) is 16.1. The fourth-order valence-corrected chi connectivity index (χ4v) is 4.68. The normalized spacial score (nSPS) is 10.9. The molecule has 0 aliphatic heterocycles. The van der Waals surface area contributed by atoms with Crippen molar-refractivity contribution >= 4 is 44.9 Å². The van der Waals surface area contributed by atoms with Crippen LogP contribution in [0.1, 0.15) is 10.4 Å². The van der Waals surface area contributed by atoms with Crippen LogP contribution < -0.4 is 5.73 Å². The molecule has 2 aromatic heterocycles. The van der Waals surface area contributed by atoms with Crippen molar-refractivity contribution in [2.24, 2.45) is 5.73 Å². The molecule has 4 rings (SSSR count). The number of fused-ring (bicyclic) bond motifs is 1. The highest BCUT2D eigenvalue weighted by molar-refractivity contribution is 7.99. The zero-order valence-corrected chi connectivity index (χ0v) is 15.9. The fourth-order valence-electron chi connectivity index (χ4n) is 2.66. The number of carbonyl (C=O) groups is 1. The van der Waals surface area contributed by atoms with Crippen LogP contribution >= 0.6 is 23.1 Å². The van der Waals surface area contributed by atoms with E-state index in [1.807, 2.05) is 36.4 Å². The first-order chi connectivity index (χ1) is 13.5. The van der Waals surface area contributed by atoms with Crippen molar-refractivity contribution in [3.63, 3.8) is 0 Å². The number of hydrogen-bond acceptors (Lipinski definition) is 7. The third kappa shape index (κ3) is 3.45. The van der Waals surface area contributed by atoms with Gasteiger partial charge in [-0.25, -0.2) is 9.97 Å². The van der Waals surface area contributed by atoms with Gasteiger partial charge in [0.15, 0.2) is 0 Å². The number of rotatable bonds is 5. The maximum absolute atomic E-state index is 11.4. The zero-order valence-electron chi connectivity index (χ0n) is 14.2. The Kier molecular flexibility index (Phi) is 4.76. The molecule has 0 saturated carbocycles. The quantitative estimate of drug-likeness (QED) is 0.295. The fraction of sp³-hybridized carbons (Fsp3) is 0. The van der Waals surface area contributed by atoms with Crippen molar-refractivity contribution in [1.82, 2.24) is 9.97 Å². The van der Waals surface area contributed by atoms with E-state index in [0.717, 1.165) is 32.4 Å². The summed E-state index contributed by atoms with van der Waals surface area (Å²) in [7, 11) is 0. The van der Waals surface area contributed by atoms with E-state index in [0.29, 0.717) is 9.92 Å². The van der Waals surface area contributed by atoms with E-state index >= 15 is 0 Å². The lowest BCUT2D eigenvalue weighted by molar-refractivity contribution is -0.387. The maximum Gasteiger partial charge on any atom is 0.284 e. The predicted octanol–water partition coefficient (Wildman–Crippen LogP) is 4.52. The number of hydrogen-bond donors (Lipinski definition) is 1. The molecule has 138 valence electrons. The van der Waals surface area contributed by atoms with E-state index in [2.05, 4.69) is 9.97 Å². The molecule has 0 atom stereocenters. The van der Waals surface area contributed by atoms with E-state index in [4.69, 9.17) is 5.73 Å². The molecule has 0 bridgehead atoms. The average molecular weight is 408 g/mol. The summed E-state index contributed by atoms with van der Waals surface area (Å²) >= 11 is 2.70. The van der Waals surface area contributed by atoms with Crippen molar-refractivity contribution in [2.75, 3.05) is 0 Å². The van der Waals surface area contributed by atoms with Gasteiger partial charge in [0.25, 0.3) is 5.69 Å². The predicted molar refractivity (Wildman–Crippen MR) is 109 cm³/mol. The lowest BCUT2D eigenvalue weighted by atomic mass is 10.2. The summed E-state index contributed by atoms with van der Waals surface area (Å²) in [6.07, 6.45) is 1.44. The number of nitrogens with zero attached hydrogens (tertiary/aromatic N) is 3. The molecule has 0 radical (unpaired) electrons. The van der Waals surface area contributed by atoms with E-state index < -0.39 is 10.8 Å². The van der Waals surface area contributed by atoms with Crippen LogP contribution in [0.15, 0.2) is 70.8 Å². The number of amides is 1. The molecule has 2 heterocycles. The molecule has 0 saturated heterocycles. The van der Waals surface area contributed by atoms with Crippen molar-refractivity contribution < 1.29 is 9.72 Å². The van der Waals surface area contributed by atoms with Crippen LogP contribution in [0.5, 0.6) is 0 Å². The van der Waals surface area contributed by atoms with Crippen LogP contribution in [-0.4, -0.2) is 20.8 Å². The summed E-state index contributed by atoms with van der Waals surface area (Å²) < 4.78 is 0. The molecular weight excluding hydrogens is 396 g/mol. The van der Waals surface area contributed by atoms with E-state index in [1.54, 1.807) is 0 Å². The maximum atomic E-state index is 11.4. The number of nitro benzene ring substituents is 1. The topological polar surface area (TPSA) is 112 Å². The van der Waals surface area contributed by atoms with Gasteiger partial charge in [0, 0.05) is 21.9 Å². The van der Waals surface area contributed by atoms with Gasteiger partial charge in [-0.2, -0.15) is 0 Å². The SMILES string of the molecule is NC(=O)c1ccc(Sc2ncnc3sc(-c4ccccc4)cc23)c([N+](=O)[O-])c1. The molecular formula is C19H12N4O3S2. The van der Waals surface area contributed by atoms with Crippen molar-refractivity contribution in [2.45, 2.75) is 9.92 Å². The number of aromatic nitrogens is 2. The minimum absolute atomic E-state index is 0.0887. The average Bonchev–Trinajstić information content (AvgIpc) is 3.14. The highest BCUT2D eigenvalue weighted by atomic mass is 32.2. The molecule has 0 aliphatic carbocycles. The first-order valence-electron chi connectivity index (χ1n) is 8.09. The molecule has 28 heavy (non-hydrogen) atoms. The first-order valence-corrected chi connectivity index (χ1v) is 9.72. The van der Waals surface area contributed by atoms with Crippen LogP contribution in [0.25, 0.3) is 20.7 Å². The summed E-state index contributed by atoms with van der Waals surface area (Å²) in [5.41, 5.74) is 6.20. The number of nitro groups is 1. The lowest BCUT2D eigenvalue weighted by Crippen LogP contribution is -2.11. The number of nitrogens with two attached hydrogens (primary N) is 1. The molecule has 1 amide bonds.